The van der Waals surface area contributed by atoms with Crippen molar-refractivity contribution >= 4 is 14.0 Å². The zero-order chi connectivity index (χ0) is 15.5. The monoisotopic (exact) mass is 311 g/mol. The molecule has 0 spiro atoms. The Morgan fingerprint density at radius 3 is 1.30 bits per heavy atom. The van der Waals surface area contributed by atoms with E-state index in [0.717, 1.165) is 0 Å². The molecule has 4 rings (SSSR count). The summed E-state index contributed by atoms with van der Waals surface area (Å²) in [4.78, 5) is 0. The molecule has 3 aromatic carbocycles. The van der Waals surface area contributed by atoms with Crippen LogP contribution in [-0.4, -0.2) is 8.80 Å². The minimum atomic E-state index is -0.782. The summed E-state index contributed by atoms with van der Waals surface area (Å²) >= 11 is 0. The molecule has 0 N–H and O–H groups in total. The van der Waals surface area contributed by atoms with Crippen LogP contribution in [0.4, 0.5) is 0 Å². The van der Waals surface area contributed by atoms with Gasteiger partial charge in [0.15, 0.2) is 0 Å². The second-order valence-corrected chi connectivity index (χ2v) is 8.72. The van der Waals surface area contributed by atoms with Crippen molar-refractivity contribution in [3.8, 4) is 0 Å². The second kappa shape index (κ2) is 6.39. The van der Waals surface area contributed by atoms with Crippen LogP contribution in [0.1, 0.15) is 22.2 Å². The topological polar surface area (TPSA) is 0 Å². The maximum atomic E-state index is 2.44. The Hall–Kier alpha value is -2.38. The summed E-state index contributed by atoms with van der Waals surface area (Å²) in [5.41, 5.74) is 3.96. The number of rotatable bonds is 3. The van der Waals surface area contributed by atoms with Crippen LogP contribution in [0.15, 0.2) is 103 Å². The number of hydrogen-bond acceptors (Lipinski definition) is 0. The van der Waals surface area contributed by atoms with Gasteiger partial charge in [-0.1, -0.05) is 108 Å². The molecule has 1 aliphatic rings. The summed E-state index contributed by atoms with van der Waals surface area (Å²) in [6, 6.07) is 33.0. The van der Waals surface area contributed by atoms with Crippen molar-refractivity contribution in [3.63, 3.8) is 0 Å². The fourth-order valence-corrected chi connectivity index (χ4v) is 6.94. The Morgan fingerprint density at radius 1 is 0.478 bits per heavy atom. The highest BCUT2D eigenvalue weighted by molar-refractivity contribution is 6.77. The maximum absolute atomic E-state index is 2.44. The van der Waals surface area contributed by atoms with Crippen LogP contribution in [-0.2, 0) is 0 Å². The third-order valence-corrected chi connectivity index (χ3v) is 7.98. The molecule has 0 fully saturated rings. The molecule has 0 aromatic heterocycles. The first kappa shape index (κ1) is 14.2. The van der Waals surface area contributed by atoms with E-state index in [-0.39, 0.29) is 0 Å². The number of benzene rings is 3. The van der Waals surface area contributed by atoms with E-state index in [9.17, 15) is 0 Å². The summed E-state index contributed by atoms with van der Waals surface area (Å²) in [5.74, 6) is 0. The van der Waals surface area contributed by atoms with E-state index in [0.29, 0.717) is 11.1 Å². The first-order valence-corrected chi connectivity index (χ1v) is 9.79. The molecule has 0 aliphatic carbocycles. The van der Waals surface area contributed by atoms with Gasteiger partial charge in [0.25, 0.3) is 0 Å². The van der Waals surface area contributed by atoms with Crippen LogP contribution < -0.4 is 5.19 Å². The molecule has 0 nitrogen and oxygen atoms in total. The Labute approximate surface area is 139 Å². The summed E-state index contributed by atoms with van der Waals surface area (Å²) in [7, 11) is -0.782. The van der Waals surface area contributed by atoms with E-state index in [1.54, 1.807) is 0 Å². The summed E-state index contributed by atoms with van der Waals surface area (Å²) in [6.07, 6.45) is 4.88. The van der Waals surface area contributed by atoms with Crippen molar-refractivity contribution < 1.29 is 0 Å². The van der Waals surface area contributed by atoms with E-state index < -0.39 is 8.80 Å². The van der Waals surface area contributed by atoms with Crippen molar-refractivity contribution in [1.29, 1.82) is 0 Å². The molecule has 1 heteroatoms. The van der Waals surface area contributed by atoms with Gasteiger partial charge in [0, 0.05) is 11.1 Å². The van der Waals surface area contributed by atoms with Crippen molar-refractivity contribution in [1.82, 2.24) is 0 Å². The Kier molecular flexibility index (Phi) is 3.95. The standard InChI is InChI=1S/C22H19Si/c1-4-10-18(11-5-1)21-16-17-22(19-12-6-2-7-13-19)23(21)20-14-8-3-9-15-20/h1-17,21-22H/t21-,22-/m0/s1. The van der Waals surface area contributed by atoms with Gasteiger partial charge in [0.2, 0.25) is 0 Å². The number of hydrogen-bond donors (Lipinski definition) is 0. The van der Waals surface area contributed by atoms with Crippen LogP contribution in [0.5, 0.6) is 0 Å². The summed E-state index contributed by atoms with van der Waals surface area (Å²) in [5, 5.41) is 1.52. The highest BCUT2D eigenvalue weighted by Crippen LogP contribution is 2.36. The molecule has 2 atom stereocenters. The molecule has 1 aliphatic heterocycles. The lowest BCUT2D eigenvalue weighted by Crippen LogP contribution is -2.38. The van der Waals surface area contributed by atoms with Crippen molar-refractivity contribution in [2.45, 2.75) is 11.1 Å². The molecule has 1 heterocycles. The van der Waals surface area contributed by atoms with Crippen molar-refractivity contribution in [2.24, 2.45) is 0 Å². The van der Waals surface area contributed by atoms with Gasteiger partial charge in [-0.2, -0.15) is 0 Å². The highest BCUT2D eigenvalue weighted by Gasteiger charge is 2.36. The zero-order valence-electron chi connectivity index (χ0n) is 13.0. The molecule has 0 bridgehead atoms. The quantitative estimate of drug-likeness (QED) is 0.490. The largest absolute Gasteiger partial charge is 0.109 e. The Morgan fingerprint density at radius 2 is 0.870 bits per heavy atom. The van der Waals surface area contributed by atoms with Crippen LogP contribution in [0.3, 0.4) is 0 Å². The lowest BCUT2D eigenvalue weighted by Gasteiger charge is -2.25. The van der Waals surface area contributed by atoms with Crippen molar-refractivity contribution in [3.05, 3.63) is 114 Å². The second-order valence-electron chi connectivity index (χ2n) is 5.98. The Balaban J connectivity index is 1.78. The van der Waals surface area contributed by atoms with E-state index in [4.69, 9.17) is 0 Å². The minimum absolute atomic E-state index is 0.536. The van der Waals surface area contributed by atoms with Gasteiger partial charge in [0.05, 0.1) is 0 Å². The number of allylic oxidation sites excluding steroid dienone is 2. The lowest BCUT2D eigenvalue weighted by molar-refractivity contribution is 1.15. The fraction of sp³-hybridized carbons (Fsp3) is 0.0909. The van der Waals surface area contributed by atoms with Gasteiger partial charge < -0.3 is 0 Å². The molecule has 0 amide bonds. The van der Waals surface area contributed by atoms with Gasteiger partial charge >= 0.3 is 0 Å². The zero-order valence-corrected chi connectivity index (χ0v) is 14.0. The smallest absolute Gasteiger partial charge is 0.0832 e. The minimum Gasteiger partial charge on any atom is -0.0832 e. The molecule has 111 valence electrons. The molecule has 0 saturated carbocycles. The van der Waals surface area contributed by atoms with Gasteiger partial charge in [0.1, 0.15) is 8.80 Å². The first-order chi connectivity index (χ1) is 11.4. The molecule has 0 unspecified atom stereocenters. The van der Waals surface area contributed by atoms with E-state index >= 15 is 0 Å². The van der Waals surface area contributed by atoms with Gasteiger partial charge in [-0.15, -0.1) is 0 Å². The SMILES string of the molecule is C1=C[C@@H](c2ccccc2)[Si](c2ccccc2)[C@@H]1c1ccccc1. The fourth-order valence-electron chi connectivity index (χ4n) is 3.51. The van der Waals surface area contributed by atoms with E-state index in [1.807, 2.05) is 0 Å². The average Bonchev–Trinajstić information content (AvgIpc) is 3.09. The predicted octanol–water partition coefficient (Wildman–Crippen LogP) is 4.60. The predicted molar refractivity (Wildman–Crippen MR) is 99.3 cm³/mol. The van der Waals surface area contributed by atoms with Gasteiger partial charge in [-0.25, -0.2) is 0 Å². The highest BCUT2D eigenvalue weighted by atomic mass is 28.3. The van der Waals surface area contributed by atoms with Crippen molar-refractivity contribution in [2.75, 3.05) is 0 Å². The van der Waals surface area contributed by atoms with Gasteiger partial charge in [-0.05, 0) is 11.1 Å². The Bertz CT molecular complexity index is 728. The average molecular weight is 311 g/mol. The third-order valence-electron chi connectivity index (χ3n) is 4.59. The van der Waals surface area contributed by atoms with E-state index in [2.05, 4.69) is 103 Å². The maximum Gasteiger partial charge on any atom is 0.109 e. The first-order valence-electron chi connectivity index (χ1n) is 8.14. The normalized spacial score (nSPS) is 20.7. The summed E-state index contributed by atoms with van der Waals surface area (Å²) in [6.45, 7) is 0. The van der Waals surface area contributed by atoms with Crippen LogP contribution in [0.2, 0.25) is 0 Å². The molecule has 0 saturated heterocycles. The summed E-state index contributed by atoms with van der Waals surface area (Å²) < 4.78 is 0. The van der Waals surface area contributed by atoms with E-state index in [1.165, 1.54) is 16.3 Å². The molecular weight excluding hydrogens is 292 g/mol. The molecule has 3 aromatic rings. The van der Waals surface area contributed by atoms with Crippen LogP contribution in [0, 0.1) is 0 Å². The van der Waals surface area contributed by atoms with Crippen LogP contribution >= 0.6 is 0 Å². The van der Waals surface area contributed by atoms with Crippen LogP contribution in [0.25, 0.3) is 0 Å². The third kappa shape index (κ3) is 2.80. The molecular formula is C22H19Si. The van der Waals surface area contributed by atoms with Gasteiger partial charge in [-0.3, -0.25) is 0 Å². The lowest BCUT2D eigenvalue weighted by atomic mass is 10.1. The molecule has 1 radical (unpaired) electrons. The molecule has 23 heavy (non-hydrogen) atoms.